The van der Waals surface area contributed by atoms with Gasteiger partial charge in [-0.3, -0.25) is 14.3 Å². The van der Waals surface area contributed by atoms with Crippen molar-refractivity contribution in [1.82, 2.24) is 23.8 Å². The Morgan fingerprint density at radius 2 is 1.72 bits per heavy atom. The zero-order valence-corrected chi connectivity index (χ0v) is 33.2. The number of likely N-dealkylation sites (N-methyl/N-ethyl adjacent to an activating group) is 2. The first kappa shape index (κ1) is 36.6. The van der Waals surface area contributed by atoms with Crippen LogP contribution in [-0.4, -0.2) is 69.8 Å². The van der Waals surface area contributed by atoms with Crippen LogP contribution in [0.25, 0.3) is 32.9 Å². The molecule has 0 aliphatic carbocycles. The average molecular weight is 754 g/mol. The van der Waals surface area contributed by atoms with Gasteiger partial charge in [0.25, 0.3) is 5.91 Å². The van der Waals surface area contributed by atoms with Gasteiger partial charge in [0.1, 0.15) is 11.4 Å². The molecule has 1 amide bonds. The molecular formula is C42H46Cl2N6O3. The summed E-state index contributed by atoms with van der Waals surface area (Å²) in [5.74, 6) is 0.817. The van der Waals surface area contributed by atoms with Crippen molar-refractivity contribution in [3.05, 3.63) is 98.0 Å². The number of aromatic nitrogens is 4. The third-order valence-corrected chi connectivity index (χ3v) is 11.8. The summed E-state index contributed by atoms with van der Waals surface area (Å²) in [6.45, 7) is 12.6. The maximum atomic E-state index is 13.3. The van der Waals surface area contributed by atoms with Gasteiger partial charge >= 0.3 is 0 Å². The van der Waals surface area contributed by atoms with E-state index < -0.39 is 0 Å². The molecule has 53 heavy (non-hydrogen) atoms. The minimum absolute atomic E-state index is 0.0329. The number of rotatable bonds is 11. The number of aryl methyl sites for hydroxylation is 5. The lowest BCUT2D eigenvalue weighted by molar-refractivity contribution is 0.0751. The third kappa shape index (κ3) is 6.27. The van der Waals surface area contributed by atoms with Crippen LogP contribution in [0.15, 0.2) is 48.5 Å². The Bertz CT molecular complexity index is 2400. The zero-order chi connectivity index (χ0) is 37.9. The predicted molar refractivity (Wildman–Crippen MR) is 216 cm³/mol. The molecule has 3 aromatic carbocycles. The van der Waals surface area contributed by atoms with E-state index >= 15 is 0 Å². The van der Waals surface area contributed by atoms with E-state index in [-0.39, 0.29) is 11.9 Å². The number of ether oxygens (including phenoxy) is 1. The van der Waals surface area contributed by atoms with E-state index in [1.165, 1.54) is 0 Å². The number of para-hydroxylation sites is 1. The summed E-state index contributed by atoms with van der Waals surface area (Å²) in [6.07, 6.45) is 2.33. The van der Waals surface area contributed by atoms with Crippen LogP contribution in [0.5, 0.6) is 5.75 Å². The number of carbonyl (C=O) groups excluding carboxylic acids is 2. The van der Waals surface area contributed by atoms with Crippen LogP contribution < -0.4 is 9.64 Å². The summed E-state index contributed by atoms with van der Waals surface area (Å²) in [5.41, 5.74) is 11.0. The largest absolute Gasteiger partial charge is 0.494 e. The smallest absolute Gasteiger partial charge is 0.270 e. The molecule has 1 aliphatic rings. The summed E-state index contributed by atoms with van der Waals surface area (Å²) in [6, 6.07) is 16.0. The number of halogens is 2. The normalized spacial score (nSPS) is 13.6. The van der Waals surface area contributed by atoms with Gasteiger partial charge in [0.2, 0.25) is 0 Å². The quantitative estimate of drug-likeness (QED) is 0.0975. The van der Waals surface area contributed by atoms with Crippen molar-refractivity contribution in [3.8, 4) is 16.9 Å². The number of nitrogens with zero attached hydrogens (tertiary/aromatic N) is 6. The Morgan fingerprint density at radius 1 is 0.981 bits per heavy atom. The number of hydrogen-bond donors (Lipinski definition) is 0. The van der Waals surface area contributed by atoms with Crippen LogP contribution in [0.2, 0.25) is 10.0 Å². The van der Waals surface area contributed by atoms with E-state index in [9.17, 15) is 9.59 Å². The fourth-order valence-corrected chi connectivity index (χ4v) is 8.62. The summed E-state index contributed by atoms with van der Waals surface area (Å²) in [5, 5.41) is 8.12. The molecule has 1 atom stereocenters. The van der Waals surface area contributed by atoms with Crippen LogP contribution in [0.3, 0.4) is 0 Å². The SMILES string of the molecule is Cc1cc(OCCCc2c(C=O)n([C@H](C)CN(C)c3cccc4cc5n(c34)CCN(C)C5=O)c3c(-c4c(C)nn(C)c4C)c(Cl)ccc23)cc(C)c1Cl. The first-order valence-electron chi connectivity index (χ1n) is 18.1. The lowest BCUT2D eigenvalue weighted by Gasteiger charge is -2.29. The minimum atomic E-state index is -0.152. The molecule has 0 fully saturated rings. The lowest BCUT2D eigenvalue weighted by Crippen LogP contribution is -2.37. The fraction of sp³-hybridized carbons (Fsp3) is 0.357. The highest BCUT2D eigenvalue weighted by Crippen LogP contribution is 2.43. The summed E-state index contributed by atoms with van der Waals surface area (Å²) >= 11 is 13.5. The summed E-state index contributed by atoms with van der Waals surface area (Å²) in [4.78, 5) is 30.4. The van der Waals surface area contributed by atoms with Gasteiger partial charge in [-0.1, -0.05) is 41.4 Å². The van der Waals surface area contributed by atoms with Gasteiger partial charge in [0.15, 0.2) is 6.29 Å². The Balaban J connectivity index is 1.30. The molecule has 0 unspecified atom stereocenters. The monoisotopic (exact) mass is 752 g/mol. The van der Waals surface area contributed by atoms with Gasteiger partial charge in [-0.15, -0.1) is 0 Å². The van der Waals surface area contributed by atoms with Gasteiger partial charge in [-0.2, -0.15) is 5.10 Å². The standard InChI is InChI=1S/C42H46Cl2N6O3/c1-24-19-30(20-25(2)39(24)44)53-18-10-12-31-32-14-15-33(43)38(37-27(4)45-48(8)28(37)5)41(32)50(36(31)23-51)26(3)22-47(7)34-13-9-11-29-21-35-42(52)46(6)16-17-49(35)40(29)34/h9,11,13-15,19-21,23,26H,10,12,16-18,22H2,1-8H3/t26-/m1/s1. The van der Waals surface area contributed by atoms with Crippen LogP contribution in [0.4, 0.5) is 5.69 Å². The molecule has 7 rings (SSSR count). The number of amides is 1. The van der Waals surface area contributed by atoms with E-state index in [2.05, 4.69) is 47.1 Å². The number of benzene rings is 3. The van der Waals surface area contributed by atoms with Crippen molar-refractivity contribution in [2.24, 2.45) is 7.05 Å². The fourth-order valence-electron chi connectivity index (χ4n) is 8.26. The highest BCUT2D eigenvalue weighted by Gasteiger charge is 2.29. The van der Waals surface area contributed by atoms with Crippen LogP contribution in [-0.2, 0) is 20.0 Å². The average Bonchev–Trinajstić information content (AvgIpc) is 3.75. The highest BCUT2D eigenvalue weighted by molar-refractivity contribution is 6.35. The molecule has 6 aromatic rings. The van der Waals surface area contributed by atoms with Crippen molar-refractivity contribution in [2.75, 3.05) is 38.7 Å². The number of aldehydes is 1. The molecule has 3 aromatic heterocycles. The third-order valence-electron chi connectivity index (χ3n) is 10.9. The van der Waals surface area contributed by atoms with Crippen LogP contribution >= 0.6 is 23.2 Å². The summed E-state index contributed by atoms with van der Waals surface area (Å²) < 4.78 is 12.4. The second-order valence-electron chi connectivity index (χ2n) is 14.5. The summed E-state index contributed by atoms with van der Waals surface area (Å²) in [7, 11) is 5.87. The Morgan fingerprint density at radius 3 is 2.40 bits per heavy atom. The van der Waals surface area contributed by atoms with Gasteiger partial charge in [0, 0.05) is 79.4 Å². The number of carbonyl (C=O) groups is 2. The van der Waals surface area contributed by atoms with Gasteiger partial charge in [-0.25, -0.2) is 0 Å². The molecule has 4 heterocycles. The van der Waals surface area contributed by atoms with Crippen molar-refractivity contribution in [2.45, 2.75) is 60.0 Å². The number of hydrogen-bond acceptors (Lipinski definition) is 5. The van der Waals surface area contributed by atoms with Gasteiger partial charge in [-0.05, 0) is 94.5 Å². The first-order valence-corrected chi connectivity index (χ1v) is 18.9. The van der Waals surface area contributed by atoms with E-state index in [1.807, 2.05) is 75.9 Å². The molecule has 0 radical (unpaired) electrons. The molecule has 276 valence electrons. The van der Waals surface area contributed by atoms with E-state index in [0.29, 0.717) is 48.9 Å². The second kappa shape index (κ2) is 14.3. The Labute approximate surface area is 320 Å². The van der Waals surface area contributed by atoms with E-state index in [1.54, 1.807) is 4.90 Å². The van der Waals surface area contributed by atoms with E-state index in [4.69, 9.17) is 33.0 Å². The van der Waals surface area contributed by atoms with Crippen molar-refractivity contribution >= 4 is 62.9 Å². The minimum Gasteiger partial charge on any atom is -0.494 e. The molecule has 11 heteroatoms. The molecule has 0 saturated carbocycles. The maximum Gasteiger partial charge on any atom is 0.270 e. The van der Waals surface area contributed by atoms with Gasteiger partial charge < -0.3 is 23.7 Å². The Hall–Kier alpha value is -4.73. The Kier molecular flexibility index (Phi) is 9.85. The lowest BCUT2D eigenvalue weighted by atomic mass is 9.98. The zero-order valence-electron chi connectivity index (χ0n) is 31.7. The van der Waals surface area contributed by atoms with Crippen molar-refractivity contribution in [3.63, 3.8) is 0 Å². The number of anilines is 1. The van der Waals surface area contributed by atoms with Crippen LogP contribution in [0.1, 0.15) is 68.4 Å². The molecule has 0 N–H and O–H groups in total. The van der Waals surface area contributed by atoms with E-state index in [0.717, 1.165) is 90.3 Å². The van der Waals surface area contributed by atoms with Crippen LogP contribution in [0, 0.1) is 27.7 Å². The molecule has 0 bridgehead atoms. The second-order valence-corrected chi connectivity index (χ2v) is 15.3. The topological polar surface area (TPSA) is 77.5 Å². The predicted octanol–water partition coefficient (Wildman–Crippen LogP) is 9.14. The first-order chi connectivity index (χ1) is 25.3. The van der Waals surface area contributed by atoms with Gasteiger partial charge in [0.05, 0.1) is 39.7 Å². The molecule has 1 aliphatic heterocycles. The molecular weight excluding hydrogens is 707 g/mol. The molecule has 0 saturated heterocycles. The van der Waals surface area contributed by atoms with Crippen molar-refractivity contribution in [1.29, 1.82) is 0 Å². The maximum absolute atomic E-state index is 13.3. The molecule has 0 spiro atoms. The number of fused-ring (bicyclic) bond motifs is 4. The molecule has 9 nitrogen and oxygen atoms in total. The highest BCUT2D eigenvalue weighted by atomic mass is 35.5. The van der Waals surface area contributed by atoms with Crippen molar-refractivity contribution < 1.29 is 14.3 Å².